The van der Waals surface area contributed by atoms with Crippen LogP contribution in [0.25, 0.3) is 11.3 Å². The molecular weight excluding hydrogens is 264 g/mol. The van der Waals surface area contributed by atoms with E-state index in [9.17, 15) is 4.79 Å². The molecule has 2 atom stereocenters. The standard InChI is InChI=1S/C17H20N2O2/c1-12-8-13(2)11-19(10-12)17(20)15-9-16(21-18-15)14-6-4-3-5-7-14/h3-7,9,12-13H,8,10-11H2,1-2H3. The lowest BCUT2D eigenvalue weighted by molar-refractivity contribution is 0.0613. The lowest BCUT2D eigenvalue weighted by Crippen LogP contribution is -2.42. The largest absolute Gasteiger partial charge is 0.355 e. The SMILES string of the molecule is CC1CC(C)CN(C(=O)c2cc(-c3ccccc3)on2)C1. The first-order valence-electron chi connectivity index (χ1n) is 7.45. The zero-order valence-electron chi connectivity index (χ0n) is 12.5. The van der Waals surface area contributed by atoms with Gasteiger partial charge in [-0.25, -0.2) is 0 Å². The number of aromatic nitrogens is 1. The summed E-state index contributed by atoms with van der Waals surface area (Å²) < 4.78 is 5.32. The van der Waals surface area contributed by atoms with E-state index in [2.05, 4.69) is 19.0 Å². The van der Waals surface area contributed by atoms with Gasteiger partial charge in [-0.05, 0) is 18.3 Å². The molecule has 110 valence electrons. The molecule has 1 aromatic carbocycles. The van der Waals surface area contributed by atoms with Crippen molar-refractivity contribution in [2.75, 3.05) is 13.1 Å². The van der Waals surface area contributed by atoms with E-state index in [0.29, 0.717) is 23.3 Å². The smallest absolute Gasteiger partial charge is 0.276 e. The summed E-state index contributed by atoms with van der Waals surface area (Å²) in [6.45, 7) is 5.98. The molecule has 3 rings (SSSR count). The highest BCUT2D eigenvalue weighted by atomic mass is 16.5. The molecule has 0 saturated carbocycles. The van der Waals surface area contributed by atoms with Gasteiger partial charge in [0.2, 0.25) is 0 Å². The van der Waals surface area contributed by atoms with Crippen molar-refractivity contribution >= 4 is 5.91 Å². The van der Waals surface area contributed by atoms with Crippen LogP contribution in [-0.2, 0) is 0 Å². The van der Waals surface area contributed by atoms with Gasteiger partial charge in [0, 0.05) is 24.7 Å². The molecule has 1 fully saturated rings. The molecule has 1 amide bonds. The van der Waals surface area contributed by atoms with Crippen molar-refractivity contribution in [3.05, 3.63) is 42.1 Å². The number of hydrogen-bond acceptors (Lipinski definition) is 3. The van der Waals surface area contributed by atoms with Crippen LogP contribution in [0.2, 0.25) is 0 Å². The maximum Gasteiger partial charge on any atom is 0.276 e. The van der Waals surface area contributed by atoms with Crippen LogP contribution in [0.4, 0.5) is 0 Å². The minimum absolute atomic E-state index is 0.0284. The Hall–Kier alpha value is -2.10. The van der Waals surface area contributed by atoms with Crippen LogP contribution >= 0.6 is 0 Å². The summed E-state index contributed by atoms with van der Waals surface area (Å²) in [7, 11) is 0. The number of carbonyl (C=O) groups is 1. The van der Waals surface area contributed by atoms with Gasteiger partial charge < -0.3 is 9.42 Å². The molecule has 2 aromatic rings. The summed E-state index contributed by atoms with van der Waals surface area (Å²) in [6.07, 6.45) is 1.18. The average molecular weight is 284 g/mol. The van der Waals surface area contributed by atoms with Crippen LogP contribution in [0, 0.1) is 11.8 Å². The Labute approximate surface area is 124 Å². The van der Waals surface area contributed by atoms with Crippen LogP contribution in [0.5, 0.6) is 0 Å². The van der Waals surface area contributed by atoms with Crippen molar-refractivity contribution < 1.29 is 9.32 Å². The summed E-state index contributed by atoms with van der Waals surface area (Å²) >= 11 is 0. The Balaban J connectivity index is 1.78. The summed E-state index contributed by atoms with van der Waals surface area (Å²) in [5.41, 5.74) is 1.33. The Kier molecular flexibility index (Phi) is 3.78. The van der Waals surface area contributed by atoms with Gasteiger partial charge in [-0.2, -0.15) is 0 Å². The second kappa shape index (κ2) is 5.72. The lowest BCUT2D eigenvalue weighted by Gasteiger charge is -2.34. The average Bonchev–Trinajstić information content (AvgIpc) is 2.96. The minimum Gasteiger partial charge on any atom is -0.355 e. The molecule has 1 aliphatic heterocycles. The first-order valence-corrected chi connectivity index (χ1v) is 7.45. The number of hydrogen-bond donors (Lipinski definition) is 0. The zero-order valence-corrected chi connectivity index (χ0v) is 12.5. The first kappa shape index (κ1) is 13.9. The molecule has 0 N–H and O–H groups in total. The predicted molar refractivity (Wildman–Crippen MR) is 80.8 cm³/mol. The van der Waals surface area contributed by atoms with Crippen LogP contribution in [0.3, 0.4) is 0 Å². The second-order valence-corrected chi connectivity index (χ2v) is 6.10. The summed E-state index contributed by atoms with van der Waals surface area (Å²) in [5, 5.41) is 3.95. The monoisotopic (exact) mass is 284 g/mol. The molecular formula is C17H20N2O2. The third-order valence-electron chi connectivity index (χ3n) is 3.94. The van der Waals surface area contributed by atoms with Gasteiger partial charge in [0.05, 0.1) is 0 Å². The van der Waals surface area contributed by atoms with Gasteiger partial charge in [-0.1, -0.05) is 49.3 Å². The van der Waals surface area contributed by atoms with E-state index in [1.165, 1.54) is 6.42 Å². The molecule has 4 heteroatoms. The van der Waals surface area contributed by atoms with Crippen LogP contribution in [0.15, 0.2) is 40.9 Å². The molecule has 0 aliphatic carbocycles. The number of rotatable bonds is 2. The maximum absolute atomic E-state index is 12.5. The number of carbonyl (C=O) groups excluding carboxylic acids is 1. The van der Waals surface area contributed by atoms with Gasteiger partial charge in [0.15, 0.2) is 11.5 Å². The topological polar surface area (TPSA) is 46.3 Å². The normalized spacial score (nSPS) is 22.3. The third kappa shape index (κ3) is 2.99. The van der Waals surface area contributed by atoms with Gasteiger partial charge in [0.25, 0.3) is 5.91 Å². The fourth-order valence-electron chi connectivity index (χ4n) is 3.11. The third-order valence-corrected chi connectivity index (χ3v) is 3.94. The number of piperidine rings is 1. The van der Waals surface area contributed by atoms with E-state index in [1.54, 1.807) is 6.07 Å². The van der Waals surface area contributed by atoms with Crippen molar-refractivity contribution in [3.63, 3.8) is 0 Å². The number of likely N-dealkylation sites (tertiary alicyclic amines) is 1. The van der Waals surface area contributed by atoms with Gasteiger partial charge in [-0.15, -0.1) is 0 Å². The fraction of sp³-hybridized carbons (Fsp3) is 0.412. The van der Waals surface area contributed by atoms with Crippen molar-refractivity contribution in [1.82, 2.24) is 10.1 Å². The van der Waals surface area contributed by atoms with E-state index >= 15 is 0 Å². The predicted octanol–water partition coefficient (Wildman–Crippen LogP) is 3.46. The van der Waals surface area contributed by atoms with Crippen molar-refractivity contribution in [3.8, 4) is 11.3 Å². The van der Waals surface area contributed by atoms with E-state index < -0.39 is 0 Å². The van der Waals surface area contributed by atoms with E-state index in [1.807, 2.05) is 35.2 Å². The highest BCUT2D eigenvalue weighted by Crippen LogP contribution is 2.24. The zero-order chi connectivity index (χ0) is 14.8. The summed E-state index contributed by atoms with van der Waals surface area (Å²) in [6, 6.07) is 11.4. The molecule has 1 aliphatic rings. The second-order valence-electron chi connectivity index (χ2n) is 6.10. The van der Waals surface area contributed by atoms with Gasteiger partial charge in [0.1, 0.15) is 0 Å². The fourth-order valence-corrected chi connectivity index (χ4v) is 3.11. The molecule has 21 heavy (non-hydrogen) atoms. The molecule has 1 aromatic heterocycles. The lowest BCUT2D eigenvalue weighted by atomic mass is 9.92. The number of benzene rings is 1. The van der Waals surface area contributed by atoms with Gasteiger partial charge >= 0.3 is 0 Å². The Morgan fingerprint density at radius 1 is 1.19 bits per heavy atom. The van der Waals surface area contributed by atoms with Crippen molar-refractivity contribution in [2.45, 2.75) is 20.3 Å². The molecule has 2 unspecified atom stereocenters. The molecule has 2 heterocycles. The van der Waals surface area contributed by atoms with E-state index in [4.69, 9.17) is 4.52 Å². The molecule has 0 spiro atoms. The van der Waals surface area contributed by atoms with Crippen LogP contribution < -0.4 is 0 Å². The Bertz CT molecular complexity index is 611. The Morgan fingerprint density at radius 2 is 1.86 bits per heavy atom. The van der Waals surface area contributed by atoms with Crippen molar-refractivity contribution in [2.24, 2.45) is 11.8 Å². The van der Waals surface area contributed by atoms with E-state index in [-0.39, 0.29) is 5.91 Å². The highest BCUT2D eigenvalue weighted by molar-refractivity contribution is 5.93. The summed E-state index contributed by atoms with van der Waals surface area (Å²) in [5.74, 6) is 1.69. The van der Waals surface area contributed by atoms with Crippen LogP contribution in [0.1, 0.15) is 30.8 Å². The number of nitrogens with zero attached hydrogens (tertiary/aromatic N) is 2. The van der Waals surface area contributed by atoms with Gasteiger partial charge in [-0.3, -0.25) is 4.79 Å². The van der Waals surface area contributed by atoms with Crippen molar-refractivity contribution in [1.29, 1.82) is 0 Å². The Morgan fingerprint density at radius 3 is 2.52 bits per heavy atom. The van der Waals surface area contributed by atoms with E-state index in [0.717, 1.165) is 18.7 Å². The first-order chi connectivity index (χ1) is 10.1. The number of amides is 1. The quantitative estimate of drug-likeness (QED) is 0.848. The molecule has 0 radical (unpaired) electrons. The molecule has 0 bridgehead atoms. The highest BCUT2D eigenvalue weighted by Gasteiger charge is 2.27. The van der Waals surface area contributed by atoms with Crippen LogP contribution in [-0.4, -0.2) is 29.1 Å². The maximum atomic E-state index is 12.5. The summed E-state index contributed by atoms with van der Waals surface area (Å²) in [4.78, 5) is 14.4. The molecule has 4 nitrogen and oxygen atoms in total. The molecule has 1 saturated heterocycles. The minimum atomic E-state index is -0.0284.